The Morgan fingerprint density at radius 1 is 1.24 bits per heavy atom. The summed E-state index contributed by atoms with van der Waals surface area (Å²) in [7, 11) is 1.50. The van der Waals surface area contributed by atoms with Gasteiger partial charge in [0, 0.05) is 24.0 Å². The SMILES string of the molecule is COc1ccc(C(=O)c2cnccc2C)nn1. The van der Waals surface area contributed by atoms with E-state index in [1.807, 2.05) is 6.92 Å². The molecule has 0 spiro atoms. The third kappa shape index (κ3) is 2.28. The summed E-state index contributed by atoms with van der Waals surface area (Å²) in [6.07, 6.45) is 3.18. The van der Waals surface area contributed by atoms with E-state index in [4.69, 9.17) is 4.74 Å². The highest BCUT2D eigenvalue weighted by Gasteiger charge is 2.13. The molecule has 0 fully saturated rings. The van der Waals surface area contributed by atoms with Crippen LogP contribution in [0.2, 0.25) is 0 Å². The van der Waals surface area contributed by atoms with Crippen LogP contribution in [0.15, 0.2) is 30.6 Å². The number of rotatable bonds is 3. The number of ketones is 1. The van der Waals surface area contributed by atoms with Crippen LogP contribution >= 0.6 is 0 Å². The van der Waals surface area contributed by atoms with Gasteiger partial charge >= 0.3 is 0 Å². The lowest BCUT2D eigenvalue weighted by molar-refractivity contribution is 0.103. The first-order chi connectivity index (χ1) is 8.22. The monoisotopic (exact) mass is 229 g/mol. The van der Waals surface area contributed by atoms with E-state index >= 15 is 0 Å². The van der Waals surface area contributed by atoms with Gasteiger partial charge in [0.2, 0.25) is 11.7 Å². The van der Waals surface area contributed by atoms with E-state index < -0.39 is 0 Å². The van der Waals surface area contributed by atoms with Crippen LogP contribution in [-0.2, 0) is 0 Å². The third-order valence-corrected chi connectivity index (χ3v) is 2.37. The summed E-state index contributed by atoms with van der Waals surface area (Å²) < 4.78 is 4.88. The van der Waals surface area contributed by atoms with Gasteiger partial charge in [-0.05, 0) is 24.6 Å². The lowest BCUT2D eigenvalue weighted by Crippen LogP contribution is -2.07. The Balaban J connectivity index is 2.34. The quantitative estimate of drug-likeness (QED) is 0.745. The third-order valence-electron chi connectivity index (χ3n) is 2.37. The van der Waals surface area contributed by atoms with Gasteiger partial charge in [0.25, 0.3) is 0 Å². The van der Waals surface area contributed by atoms with E-state index in [0.717, 1.165) is 5.56 Å². The van der Waals surface area contributed by atoms with Crippen LogP contribution in [0.1, 0.15) is 21.6 Å². The molecule has 0 aliphatic heterocycles. The lowest BCUT2D eigenvalue weighted by Gasteiger charge is -2.03. The first kappa shape index (κ1) is 11.2. The predicted octanol–water partition coefficient (Wildman–Crippen LogP) is 1.42. The molecule has 5 nitrogen and oxygen atoms in total. The molecular weight excluding hydrogens is 218 g/mol. The van der Waals surface area contributed by atoms with Crippen molar-refractivity contribution in [2.24, 2.45) is 0 Å². The molecule has 0 bridgehead atoms. The van der Waals surface area contributed by atoms with Gasteiger partial charge in [0.05, 0.1) is 7.11 Å². The molecule has 0 N–H and O–H groups in total. The summed E-state index contributed by atoms with van der Waals surface area (Å²) >= 11 is 0. The molecular formula is C12H11N3O2. The van der Waals surface area contributed by atoms with Gasteiger partial charge in [-0.1, -0.05) is 0 Å². The van der Waals surface area contributed by atoms with E-state index in [1.54, 1.807) is 24.4 Å². The van der Waals surface area contributed by atoms with Gasteiger partial charge in [0.1, 0.15) is 5.69 Å². The first-order valence-corrected chi connectivity index (χ1v) is 5.05. The first-order valence-electron chi connectivity index (χ1n) is 5.05. The standard InChI is InChI=1S/C12H11N3O2/c1-8-5-6-13-7-9(8)12(16)10-3-4-11(17-2)15-14-10/h3-7H,1-2H3. The zero-order chi connectivity index (χ0) is 12.3. The number of methoxy groups -OCH3 is 1. The van der Waals surface area contributed by atoms with Crippen LogP contribution in [0.25, 0.3) is 0 Å². The summed E-state index contributed by atoms with van der Waals surface area (Å²) in [6, 6.07) is 4.97. The number of ether oxygens (including phenoxy) is 1. The molecule has 0 saturated heterocycles. The molecule has 17 heavy (non-hydrogen) atoms. The molecule has 5 heteroatoms. The number of hydrogen-bond donors (Lipinski definition) is 0. The minimum Gasteiger partial charge on any atom is -0.480 e. The van der Waals surface area contributed by atoms with E-state index in [1.165, 1.54) is 13.3 Å². The van der Waals surface area contributed by atoms with Crippen molar-refractivity contribution in [3.63, 3.8) is 0 Å². The molecule has 2 heterocycles. The van der Waals surface area contributed by atoms with Crippen molar-refractivity contribution in [1.29, 1.82) is 0 Å². The van der Waals surface area contributed by atoms with Crippen molar-refractivity contribution in [3.8, 4) is 5.88 Å². The molecule has 0 unspecified atom stereocenters. The predicted molar refractivity (Wildman–Crippen MR) is 61.0 cm³/mol. The number of carbonyl (C=O) groups excluding carboxylic acids is 1. The van der Waals surface area contributed by atoms with Crippen molar-refractivity contribution in [1.82, 2.24) is 15.2 Å². The molecule has 2 aromatic heterocycles. The Morgan fingerprint density at radius 2 is 2.06 bits per heavy atom. The minimum atomic E-state index is -0.189. The van der Waals surface area contributed by atoms with Gasteiger partial charge in [-0.15, -0.1) is 10.2 Å². The molecule has 0 aliphatic rings. The summed E-state index contributed by atoms with van der Waals surface area (Å²) in [5, 5.41) is 7.57. The highest BCUT2D eigenvalue weighted by molar-refractivity contribution is 6.08. The Bertz CT molecular complexity index is 538. The lowest BCUT2D eigenvalue weighted by atomic mass is 10.1. The maximum atomic E-state index is 12.1. The second kappa shape index (κ2) is 4.69. The molecule has 2 rings (SSSR count). The molecule has 0 aromatic carbocycles. The zero-order valence-electron chi connectivity index (χ0n) is 9.54. The van der Waals surface area contributed by atoms with E-state index in [2.05, 4.69) is 15.2 Å². The molecule has 0 atom stereocenters. The van der Waals surface area contributed by atoms with Crippen LogP contribution in [0, 0.1) is 6.92 Å². The number of pyridine rings is 1. The number of carbonyl (C=O) groups is 1. The topological polar surface area (TPSA) is 65.0 Å². The van der Waals surface area contributed by atoms with Crippen LogP contribution in [-0.4, -0.2) is 28.1 Å². The molecule has 0 aliphatic carbocycles. The highest BCUT2D eigenvalue weighted by Crippen LogP contribution is 2.12. The van der Waals surface area contributed by atoms with Gasteiger partial charge in [-0.2, -0.15) is 0 Å². The molecule has 2 aromatic rings. The van der Waals surface area contributed by atoms with E-state index in [0.29, 0.717) is 11.4 Å². The van der Waals surface area contributed by atoms with Gasteiger partial charge in [-0.3, -0.25) is 9.78 Å². The Morgan fingerprint density at radius 3 is 2.65 bits per heavy atom. The largest absolute Gasteiger partial charge is 0.480 e. The van der Waals surface area contributed by atoms with Crippen molar-refractivity contribution >= 4 is 5.78 Å². The van der Waals surface area contributed by atoms with Gasteiger partial charge in [-0.25, -0.2) is 0 Å². The fourth-order valence-electron chi connectivity index (χ4n) is 1.39. The average Bonchev–Trinajstić information content (AvgIpc) is 2.39. The zero-order valence-corrected chi connectivity index (χ0v) is 9.54. The summed E-state index contributed by atoms with van der Waals surface area (Å²) in [5.74, 6) is 0.190. The van der Waals surface area contributed by atoms with Crippen LogP contribution < -0.4 is 4.74 Å². The normalized spacial score (nSPS) is 10.0. The maximum absolute atomic E-state index is 12.1. The Hall–Kier alpha value is -2.30. The number of nitrogens with zero attached hydrogens (tertiary/aromatic N) is 3. The number of aryl methyl sites for hydroxylation is 1. The average molecular weight is 229 g/mol. The maximum Gasteiger partial charge on any atom is 0.233 e. The van der Waals surface area contributed by atoms with Crippen molar-refractivity contribution in [3.05, 3.63) is 47.4 Å². The number of aromatic nitrogens is 3. The van der Waals surface area contributed by atoms with Crippen molar-refractivity contribution < 1.29 is 9.53 Å². The second-order valence-electron chi connectivity index (χ2n) is 3.48. The number of hydrogen-bond acceptors (Lipinski definition) is 5. The van der Waals surface area contributed by atoms with Crippen molar-refractivity contribution in [2.45, 2.75) is 6.92 Å². The fourth-order valence-corrected chi connectivity index (χ4v) is 1.39. The van der Waals surface area contributed by atoms with Crippen LogP contribution in [0.5, 0.6) is 5.88 Å². The van der Waals surface area contributed by atoms with Crippen LogP contribution in [0.4, 0.5) is 0 Å². The summed E-state index contributed by atoms with van der Waals surface area (Å²) in [4.78, 5) is 16.0. The van der Waals surface area contributed by atoms with Crippen molar-refractivity contribution in [2.75, 3.05) is 7.11 Å². The highest BCUT2D eigenvalue weighted by atomic mass is 16.5. The van der Waals surface area contributed by atoms with E-state index in [-0.39, 0.29) is 11.5 Å². The molecule has 0 radical (unpaired) electrons. The summed E-state index contributed by atoms with van der Waals surface area (Å²) in [5.41, 5.74) is 1.68. The van der Waals surface area contributed by atoms with Gasteiger partial charge < -0.3 is 4.74 Å². The van der Waals surface area contributed by atoms with Gasteiger partial charge in [0.15, 0.2) is 0 Å². The smallest absolute Gasteiger partial charge is 0.233 e. The Labute approximate surface area is 98.5 Å². The summed E-state index contributed by atoms with van der Waals surface area (Å²) in [6.45, 7) is 1.85. The minimum absolute atomic E-state index is 0.189. The fraction of sp³-hybridized carbons (Fsp3) is 0.167. The van der Waals surface area contributed by atoms with Crippen LogP contribution in [0.3, 0.4) is 0 Å². The second-order valence-corrected chi connectivity index (χ2v) is 3.48. The Kier molecular flexibility index (Phi) is 3.09. The van der Waals surface area contributed by atoms with E-state index in [9.17, 15) is 4.79 Å². The molecule has 0 amide bonds. The molecule has 86 valence electrons. The molecule has 0 saturated carbocycles.